The van der Waals surface area contributed by atoms with Crippen LogP contribution in [0.15, 0.2) is 42.0 Å². The van der Waals surface area contributed by atoms with Gasteiger partial charge in [0.2, 0.25) is 0 Å². The Balaban J connectivity index is 1.44. The lowest BCUT2D eigenvalue weighted by molar-refractivity contribution is -0.238. The van der Waals surface area contributed by atoms with Crippen LogP contribution in [0.25, 0.3) is 0 Å². The van der Waals surface area contributed by atoms with E-state index in [4.69, 9.17) is 14.2 Å². The second-order valence-corrected chi connectivity index (χ2v) is 7.20. The summed E-state index contributed by atoms with van der Waals surface area (Å²) in [6, 6.07) is 10.3. The number of rotatable bonds is 5. The molecule has 1 aromatic carbocycles. The molecule has 0 atom stereocenters. The van der Waals surface area contributed by atoms with Crippen LogP contribution in [0.1, 0.15) is 45.1 Å². The second kappa shape index (κ2) is 7.16. The van der Waals surface area contributed by atoms with E-state index in [0.717, 1.165) is 45.5 Å². The van der Waals surface area contributed by atoms with Gasteiger partial charge in [-0.05, 0) is 24.8 Å². The molecule has 0 unspecified atom stereocenters. The fourth-order valence-electron chi connectivity index (χ4n) is 3.73. The van der Waals surface area contributed by atoms with Crippen LogP contribution in [-0.4, -0.2) is 25.6 Å². The van der Waals surface area contributed by atoms with Crippen LogP contribution < -0.4 is 0 Å². The molecule has 1 heterocycles. The summed E-state index contributed by atoms with van der Waals surface area (Å²) in [6.45, 7) is 7.46. The fourth-order valence-corrected chi connectivity index (χ4v) is 3.73. The van der Waals surface area contributed by atoms with E-state index in [0.29, 0.717) is 6.61 Å². The van der Waals surface area contributed by atoms with Gasteiger partial charge in [0.15, 0.2) is 5.79 Å². The average molecular weight is 316 g/mol. The smallest absolute Gasteiger partial charge is 0.174 e. The lowest BCUT2D eigenvalue weighted by Gasteiger charge is -2.46. The van der Waals surface area contributed by atoms with Crippen molar-refractivity contribution < 1.29 is 14.2 Å². The van der Waals surface area contributed by atoms with Crippen molar-refractivity contribution in [2.24, 2.45) is 5.41 Å². The van der Waals surface area contributed by atoms with Gasteiger partial charge in [0.05, 0.1) is 26.4 Å². The molecule has 23 heavy (non-hydrogen) atoms. The Morgan fingerprint density at radius 1 is 1.13 bits per heavy atom. The van der Waals surface area contributed by atoms with E-state index in [-0.39, 0.29) is 11.2 Å². The van der Waals surface area contributed by atoms with Gasteiger partial charge in [0.1, 0.15) is 0 Å². The monoisotopic (exact) mass is 316 g/mol. The molecule has 1 saturated heterocycles. The minimum absolute atomic E-state index is 0.0402. The zero-order chi connectivity index (χ0) is 16.2. The predicted octanol–water partition coefficient (Wildman–Crippen LogP) is 4.47. The van der Waals surface area contributed by atoms with Crippen LogP contribution in [0.5, 0.6) is 0 Å². The molecule has 3 heteroatoms. The molecule has 0 N–H and O–H groups in total. The topological polar surface area (TPSA) is 27.7 Å². The SMILES string of the molecule is CC1(C)CC(=CCCOCc2ccccc2)CCC12OCCO2. The van der Waals surface area contributed by atoms with E-state index in [1.54, 1.807) is 0 Å². The van der Waals surface area contributed by atoms with Crippen molar-refractivity contribution in [2.45, 2.75) is 51.9 Å². The molecule has 3 nitrogen and oxygen atoms in total. The minimum Gasteiger partial charge on any atom is -0.376 e. The van der Waals surface area contributed by atoms with Crippen molar-refractivity contribution in [1.82, 2.24) is 0 Å². The highest BCUT2D eigenvalue weighted by Gasteiger charge is 2.52. The first kappa shape index (κ1) is 16.7. The summed E-state index contributed by atoms with van der Waals surface area (Å²) >= 11 is 0. The number of benzene rings is 1. The summed E-state index contributed by atoms with van der Waals surface area (Å²) in [4.78, 5) is 0. The Labute approximate surface area is 139 Å². The molecular formula is C20H28O3. The van der Waals surface area contributed by atoms with Crippen LogP contribution in [0.2, 0.25) is 0 Å². The normalized spacial score (nSPS) is 24.3. The first-order chi connectivity index (χ1) is 11.1. The largest absolute Gasteiger partial charge is 0.376 e. The van der Waals surface area contributed by atoms with Crippen LogP contribution in [0.3, 0.4) is 0 Å². The average Bonchev–Trinajstić information content (AvgIpc) is 3.02. The maximum atomic E-state index is 5.96. The number of allylic oxidation sites excluding steroid dienone is 1. The molecule has 3 rings (SSSR count). The van der Waals surface area contributed by atoms with Gasteiger partial charge in [-0.2, -0.15) is 0 Å². The molecule has 1 saturated carbocycles. The van der Waals surface area contributed by atoms with E-state index < -0.39 is 0 Å². The highest BCUT2D eigenvalue weighted by Crippen LogP contribution is 2.50. The van der Waals surface area contributed by atoms with Crippen molar-refractivity contribution in [2.75, 3.05) is 19.8 Å². The third kappa shape index (κ3) is 3.85. The fraction of sp³-hybridized carbons (Fsp3) is 0.600. The lowest BCUT2D eigenvalue weighted by Crippen LogP contribution is -2.48. The van der Waals surface area contributed by atoms with Crippen molar-refractivity contribution in [3.8, 4) is 0 Å². The first-order valence-corrected chi connectivity index (χ1v) is 8.69. The molecule has 1 aliphatic carbocycles. The van der Waals surface area contributed by atoms with Gasteiger partial charge in [0.25, 0.3) is 0 Å². The predicted molar refractivity (Wildman–Crippen MR) is 91.1 cm³/mol. The molecule has 0 aromatic heterocycles. The van der Waals surface area contributed by atoms with Gasteiger partial charge in [-0.15, -0.1) is 0 Å². The van der Waals surface area contributed by atoms with Gasteiger partial charge < -0.3 is 14.2 Å². The van der Waals surface area contributed by atoms with Crippen molar-refractivity contribution in [3.63, 3.8) is 0 Å². The van der Waals surface area contributed by atoms with Gasteiger partial charge >= 0.3 is 0 Å². The van der Waals surface area contributed by atoms with Gasteiger partial charge in [-0.1, -0.05) is 55.8 Å². The molecule has 2 fully saturated rings. The Morgan fingerprint density at radius 2 is 1.87 bits per heavy atom. The van der Waals surface area contributed by atoms with E-state index in [2.05, 4.69) is 32.1 Å². The zero-order valence-corrected chi connectivity index (χ0v) is 14.3. The molecular weight excluding hydrogens is 288 g/mol. The van der Waals surface area contributed by atoms with Gasteiger partial charge in [0, 0.05) is 11.8 Å². The maximum Gasteiger partial charge on any atom is 0.174 e. The lowest BCUT2D eigenvalue weighted by atomic mass is 9.70. The molecule has 2 aliphatic rings. The van der Waals surface area contributed by atoms with Crippen LogP contribution in [0.4, 0.5) is 0 Å². The standard InChI is InChI=1S/C20H28O3/c1-19(2)15-17(10-11-20(19)22-13-14-23-20)9-6-12-21-16-18-7-4-3-5-8-18/h3-5,7-9H,6,10-16H2,1-2H3. The summed E-state index contributed by atoms with van der Waals surface area (Å²) in [5, 5.41) is 0. The summed E-state index contributed by atoms with van der Waals surface area (Å²) < 4.78 is 17.7. The number of ether oxygens (including phenoxy) is 3. The van der Waals surface area contributed by atoms with Crippen molar-refractivity contribution >= 4 is 0 Å². The summed E-state index contributed by atoms with van der Waals surface area (Å²) in [5.74, 6) is -0.353. The highest BCUT2D eigenvalue weighted by molar-refractivity contribution is 5.14. The van der Waals surface area contributed by atoms with Gasteiger partial charge in [-0.25, -0.2) is 0 Å². The Hall–Kier alpha value is -1.16. The molecule has 0 radical (unpaired) electrons. The molecule has 1 aliphatic heterocycles. The van der Waals surface area contributed by atoms with Crippen LogP contribution in [0, 0.1) is 5.41 Å². The highest BCUT2D eigenvalue weighted by atomic mass is 16.7. The van der Waals surface area contributed by atoms with Gasteiger partial charge in [-0.3, -0.25) is 0 Å². The zero-order valence-electron chi connectivity index (χ0n) is 14.3. The molecule has 126 valence electrons. The Morgan fingerprint density at radius 3 is 2.57 bits per heavy atom. The van der Waals surface area contributed by atoms with Crippen LogP contribution >= 0.6 is 0 Å². The minimum atomic E-state index is -0.353. The van der Waals surface area contributed by atoms with E-state index in [1.165, 1.54) is 11.1 Å². The Bertz CT molecular complexity index is 527. The summed E-state index contributed by atoms with van der Waals surface area (Å²) in [6.07, 6.45) is 6.42. The quantitative estimate of drug-likeness (QED) is 0.592. The van der Waals surface area contributed by atoms with Crippen LogP contribution in [-0.2, 0) is 20.8 Å². The summed E-state index contributed by atoms with van der Waals surface area (Å²) in [5.41, 5.74) is 2.79. The van der Waals surface area contributed by atoms with Crippen molar-refractivity contribution in [1.29, 1.82) is 0 Å². The van der Waals surface area contributed by atoms with E-state index in [1.807, 2.05) is 18.2 Å². The maximum absolute atomic E-state index is 5.96. The molecule has 1 spiro atoms. The third-order valence-electron chi connectivity index (χ3n) is 5.04. The number of hydrogen-bond acceptors (Lipinski definition) is 3. The molecule has 1 aromatic rings. The Kier molecular flexibility index (Phi) is 5.20. The molecule has 0 amide bonds. The van der Waals surface area contributed by atoms with E-state index >= 15 is 0 Å². The van der Waals surface area contributed by atoms with Crippen molar-refractivity contribution in [3.05, 3.63) is 47.5 Å². The first-order valence-electron chi connectivity index (χ1n) is 8.69. The number of hydrogen-bond donors (Lipinski definition) is 0. The third-order valence-corrected chi connectivity index (χ3v) is 5.04. The van der Waals surface area contributed by atoms with E-state index in [9.17, 15) is 0 Å². The second-order valence-electron chi connectivity index (χ2n) is 7.20. The molecule has 0 bridgehead atoms. The summed E-state index contributed by atoms with van der Waals surface area (Å²) in [7, 11) is 0.